The number of rotatable bonds is 3. The quantitative estimate of drug-likeness (QED) is 0.799. The molecule has 0 aromatic rings. The lowest BCUT2D eigenvalue weighted by Crippen LogP contribution is -2.46. The molecule has 2 bridgehead atoms. The normalized spacial score (nSPS) is 35.3. The van der Waals surface area contributed by atoms with E-state index in [0.717, 1.165) is 25.9 Å². The van der Waals surface area contributed by atoms with Gasteiger partial charge in [0.1, 0.15) is 0 Å². The van der Waals surface area contributed by atoms with Gasteiger partial charge in [0, 0.05) is 19.6 Å². The smallest absolute Gasteiger partial charge is 0.306 e. The fourth-order valence-corrected chi connectivity index (χ4v) is 3.53. The van der Waals surface area contributed by atoms with E-state index in [4.69, 9.17) is 5.11 Å². The van der Waals surface area contributed by atoms with Crippen LogP contribution in [0.1, 0.15) is 33.1 Å². The summed E-state index contributed by atoms with van der Waals surface area (Å²) in [6, 6.07) is 0. The standard InChI is InChI=1S/C13H23NO2/c1-9(2)6-14-7-10-3-11(8-14)5-12(4-10)13(15)16/h9-12H,3-8H2,1-2H3,(H,15,16). The van der Waals surface area contributed by atoms with E-state index in [1.54, 1.807) is 0 Å². The van der Waals surface area contributed by atoms with Gasteiger partial charge in [-0.25, -0.2) is 0 Å². The fraction of sp³-hybridized carbons (Fsp3) is 0.923. The Bertz CT molecular complexity index is 251. The fourth-order valence-electron chi connectivity index (χ4n) is 3.53. The molecule has 1 saturated heterocycles. The van der Waals surface area contributed by atoms with Gasteiger partial charge < -0.3 is 10.0 Å². The molecule has 92 valence electrons. The van der Waals surface area contributed by atoms with Crippen molar-refractivity contribution in [2.45, 2.75) is 33.1 Å². The first-order chi connectivity index (χ1) is 7.54. The molecule has 16 heavy (non-hydrogen) atoms. The second kappa shape index (κ2) is 4.74. The number of hydrogen-bond donors (Lipinski definition) is 1. The monoisotopic (exact) mass is 225 g/mol. The van der Waals surface area contributed by atoms with Crippen LogP contribution in [0.15, 0.2) is 0 Å². The second-order valence-electron chi connectivity index (χ2n) is 6.09. The van der Waals surface area contributed by atoms with E-state index in [1.165, 1.54) is 13.0 Å². The summed E-state index contributed by atoms with van der Waals surface area (Å²) in [6.07, 6.45) is 3.07. The number of carbonyl (C=O) groups is 1. The van der Waals surface area contributed by atoms with Crippen molar-refractivity contribution in [3.63, 3.8) is 0 Å². The second-order valence-corrected chi connectivity index (χ2v) is 6.09. The zero-order valence-electron chi connectivity index (χ0n) is 10.4. The lowest BCUT2D eigenvalue weighted by atomic mass is 9.72. The van der Waals surface area contributed by atoms with Crippen molar-refractivity contribution < 1.29 is 9.90 Å². The number of carboxylic acids is 1. The highest BCUT2D eigenvalue weighted by Gasteiger charge is 2.37. The molecule has 2 rings (SSSR count). The summed E-state index contributed by atoms with van der Waals surface area (Å²) < 4.78 is 0. The van der Waals surface area contributed by atoms with Gasteiger partial charge in [-0.05, 0) is 37.0 Å². The molecule has 0 spiro atoms. The lowest BCUT2D eigenvalue weighted by molar-refractivity contribution is -0.145. The maximum atomic E-state index is 11.0. The molecular formula is C13H23NO2. The molecule has 1 saturated carbocycles. The highest BCUT2D eigenvalue weighted by Crippen LogP contribution is 2.38. The van der Waals surface area contributed by atoms with Gasteiger partial charge >= 0.3 is 5.97 Å². The number of aliphatic carboxylic acids is 1. The average Bonchev–Trinajstić information content (AvgIpc) is 2.14. The third-order valence-corrected chi connectivity index (χ3v) is 3.91. The van der Waals surface area contributed by atoms with Crippen LogP contribution in [0.4, 0.5) is 0 Å². The average molecular weight is 225 g/mol. The molecule has 2 unspecified atom stereocenters. The van der Waals surface area contributed by atoms with Crippen molar-refractivity contribution in [3.8, 4) is 0 Å². The Hall–Kier alpha value is -0.570. The molecular weight excluding hydrogens is 202 g/mol. The first-order valence-corrected chi connectivity index (χ1v) is 6.49. The highest BCUT2D eigenvalue weighted by molar-refractivity contribution is 5.70. The summed E-state index contributed by atoms with van der Waals surface area (Å²) in [7, 11) is 0. The summed E-state index contributed by atoms with van der Waals surface area (Å²) in [5, 5.41) is 9.09. The molecule has 0 aromatic heterocycles. The molecule has 3 nitrogen and oxygen atoms in total. The molecule has 2 fully saturated rings. The number of likely N-dealkylation sites (tertiary alicyclic amines) is 1. The highest BCUT2D eigenvalue weighted by atomic mass is 16.4. The third-order valence-electron chi connectivity index (χ3n) is 3.91. The molecule has 0 aromatic carbocycles. The summed E-state index contributed by atoms with van der Waals surface area (Å²) >= 11 is 0. The molecule has 3 heteroatoms. The van der Waals surface area contributed by atoms with E-state index in [-0.39, 0.29) is 5.92 Å². The predicted molar refractivity (Wildman–Crippen MR) is 63.2 cm³/mol. The Morgan fingerprint density at radius 2 is 1.81 bits per heavy atom. The van der Waals surface area contributed by atoms with Crippen molar-refractivity contribution in [1.82, 2.24) is 4.90 Å². The number of piperidine rings is 1. The van der Waals surface area contributed by atoms with Crippen molar-refractivity contribution in [2.75, 3.05) is 19.6 Å². The van der Waals surface area contributed by atoms with Gasteiger partial charge in [-0.3, -0.25) is 4.79 Å². The van der Waals surface area contributed by atoms with Crippen molar-refractivity contribution >= 4 is 5.97 Å². The van der Waals surface area contributed by atoms with E-state index in [2.05, 4.69) is 18.7 Å². The Labute approximate surface area is 97.8 Å². The zero-order chi connectivity index (χ0) is 11.7. The Morgan fingerprint density at radius 1 is 1.25 bits per heavy atom. The van der Waals surface area contributed by atoms with Crippen molar-refractivity contribution in [1.29, 1.82) is 0 Å². The van der Waals surface area contributed by atoms with Crippen LogP contribution in [-0.2, 0) is 4.79 Å². The number of fused-ring (bicyclic) bond motifs is 2. The maximum Gasteiger partial charge on any atom is 0.306 e. The predicted octanol–water partition coefficient (Wildman–Crippen LogP) is 2.08. The van der Waals surface area contributed by atoms with E-state index >= 15 is 0 Å². The molecule has 1 N–H and O–H groups in total. The molecule has 2 atom stereocenters. The van der Waals surface area contributed by atoms with Crippen LogP contribution in [0.5, 0.6) is 0 Å². The van der Waals surface area contributed by atoms with Crippen LogP contribution in [0.3, 0.4) is 0 Å². The molecule has 0 radical (unpaired) electrons. The molecule has 1 heterocycles. The molecule has 0 amide bonds. The van der Waals surface area contributed by atoms with Gasteiger partial charge in [-0.1, -0.05) is 13.8 Å². The van der Waals surface area contributed by atoms with Gasteiger partial charge in [0.25, 0.3) is 0 Å². The van der Waals surface area contributed by atoms with Gasteiger partial charge in [0.15, 0.2) is 0 Å². The van der Waals surface area contributed by atoms with E-state index in [1.807, 2.05) is 0 Å². The van der Waals surface area contributed by atoms with Gasteiger partial charge in [0.05, 0.1) is 5.92 Å². The number of carboxylic acid groups (broad SMARTS) is 1. The summed E-state index contributed by atoms with van der Waals surface area (Å²) in [4.78, 5) is 13.6. The lowest BCUT2D eigenvalue weighted by Gasteiger charge is -2.43. The zero-order valence-corrected chi connectivity index (χ0v) is 10.4. The number of hydrogen-bond acceptors (Lipinski definition) is 2. The summed E-state index contributed by atoms with van der Waals surface area (Å²) in [5.41, 5.74) is 0. The van der Waals surface area contributed by atoms with Crippen LogP contribution in [0.25, 0.3) is 0 Å². The summed E-state index contributed by atoms with van der Waals surface area (Å²) in [6.45, 7) is 7.93. The Kier molecular flexibility index (Phi) is 3.53. The Morgan fingerprint density at radius 3 is 2.25 bits per heavy atom. The maximum absolute atomic E-state index is 11.0. The van der Waals surface area contributed by atoms with Crippen LogP contribution in [0, 0.1) is 23.7 Å². The SMILES string of the molecule is CC(C)CN1CC2CC(CC(C(=O)O)C2)C1. The minimum atomic E-state index is -0.577. The van der Waals surface area contributed by atoms with Crippen LogP contribution >= 0.6 is 0 Å². The summed E-state index contributed by atoms with van der Waals surface area (Å²) in [5.74, 6) is 1.34. The number of nitrogens with zero attached hydrogens (tertiary/aromatic N) is 1. The van der Waals surface area contributed by atoms with Gasteiger partial charge in [-0.15, -0.1) is 0 Å². The van der Waals surface area contributed by atoms with Gasteiger partial charge in [-0.2, -0.15) is 0 Å². The third kappa shape index (κ3) is 2.76. The topological polar surface area (TPSA) is 40.5 Å². The minimum absolute atomic E-state index is 0.0649. The van der Waals surface area contributed by atoms with Gasteiger partial charge in [0.2, 0.25) is 0 Å². The Balaban J connectivity index is 1.92. The van der Waals surface area contributed by atoms with Crippen LogP contribution in [-0.4, -0.2) is 35.6 Å². The minimum Gasteiger partial charge on any atom is -0.481 e. The largest absolute Gasteiger partial charge is 0.481 e. The van der Waals surface area contributed by atoms with Crippen LogP contribution < -0.4 is 0 Å². The first kappa shape index (κ1) is 11.9. The molecule has 2 aliphatic rings. The van der Waals surface area contributed by atoms with Crippen molar-refractivity contribution in [2.24, 2.45) is 23.7 Å². The van der Waals surface area contributed by atoms with E-state index in [0.29, 0.717) is 17.8 Å². The molecule has 1 aliphatic carbocycles. The van der Waals surface area contributed by atoms with E-state index < -0.39 is 5.97 Å². The van der Waals surface area contributed by atoms with E-state index in [9.17, 15) is 4.79 Å². The first-order valence-electron chi connectivity index (χ1n) is 6.49. The van der Waals surface area contributed by atoms with Crippen molar-refractivity contribution in [3.05, 3.63) is 0 Å². The van der Waals surface area contributed by atoms with Crippen LogP contribution in [0.2, 0.25) is 0 Å². The molecule has 1 aliphatic heterocycles.